The summed E-state index contributed by atoms with van der Waals surface area (Å²) < 4.78 is 0. The number of nitrogens with zero attached hydrogens (tertiary/aromatic N) is 1. The Hall–Kier alpha value is -0.0800. The molecule has 0 aromatic carbocycles. The van der Waals surface area contributed by atoms with Gasteiger partial charge in [-0.25, -0.2) is 0 Å². The predicted octanol–water partition coefficient (Wildman–Crippen LogP) is 1.29. The zero-order valence-corrected chi connectivity index (χ0v) is 7.48. The van der Waals surface area contributed by atoms with Crippen molar-refractivity contribution < 1.29 is 0 Å². The SMILES string of the molecule is CCCNCN(C)CCC. The van der Waals surface area contributed by atoms with E-state index >= 15 is 0 Å². The largest absolute Gasteiger partial charge is 0.304 e. The molecule has 0 heterocycles. The third-order valence-corrected chi connectivity index (χ3v) is 1.41. The van der Waals surface area contributed by atoms with Crippen molar-refractivity contribution in [1.29, 1.82) is 0 Å². The highest BCUT2D eigenvalue weighted by atomic mass is 15.2. The average molecular weight is 144 g/mol. The van der Waals surface area contributed by atoms with Crippen LogP contribution in [0.25, 0.3) is 0 Å². The van der Waals surface area contributed by atoms with Gasteiger partial charge in [-0.2, -0.15) is 0 Å². The molecular weight excluding hydrogens is 124 g/mol. The van der Waals surface area contributed by atoms with Crippen LogP contribution in [-0.4, -0.2) is 31.7 Å². The lowest BCUT2D eigenvalue weighted by Crippen LogP contribution is -2.31. The van der Waals surface area contributed by atoms with Gasteiger partial charge in [-0.1, -0.05) is 13.8 Å². The van der Waals surface area contributed by atoms with Crippen LogP contribution in [0.1, 0.15) is 26.7 Å². The standard InChI is InChI=1S/C8H20N2/c1-4-6-9-8-10(3)7-5-2/h9H,4-8H2,1-3H3. The minimum atomic E-state index is 1.03. The summed E-state index contributed by atoms with van der Waals surface area (Å²) in [4.78, 5) is 2.30. The summed E-state index contributed by atoms with van der Waals surface area (Å²) in [5, 5.41) is 3.35. The van der Waals surface area contributed by atoms with E-state index in [-0.39, 0.29) is 0 Å². The summed E-state index contributed by atoms with van der Waals surface area (Å²) in [5.41, 5.74) is 0. The minimum absolute atomic E-state index is 1.03. The molecule has 0 bridgehead atoms. The van der Waals surface area contributed by atoms with Crippen molar-refractivity contribution in [1.82, 2.24) is 10.2 Å². The van der Waals surface area contributed by atoms with Crippen molar-refractivity contribution in [3.8, 4) is 0 Å². The monoisotopic (exact) mass is 144 g/mol. The first-order valence-electron chi connectivity index (χ1n) is 4.20. The maximum Gasteiger partial charge on any atom is 0.0477 e. The minimum Gasteiger partial charge on any atom is -0.304 e. The van der Waals surface area contributed by atoms with E-state index in [2.05, 4.69) is 31.1 Å². The molecule has 62 valence electrons. The van der Waals surface area contributed by atoms with Crippen molar-refractivity contribution in [2.75, 3.05) is 26.8 Å². The van der Waals surface area contributed by atoms with Crippen molar-refractivity contribution in [2.45, 2.75) is 26.7 Å². The third kappa shape index (κ3) is 6.05. The van der Waals surface area contributed by atoms with E-state index in [0.717, 1.165) is 13.2 Å². The molecule has 0 aliphatic heterocycles. The second-order valence-electron chi connectivity index (χ2n) is 2.74. The number of rotatable bonds is 6. The van der Waals surface area contributed by atoms with Crippen LogP contribution in [0, 0.1) is 0 Å². The summed E-state index contributed by atoms with van der Waals surface area (Å²) >= 11 is 0. The first-order chi connectivity index (χ1) is 4.81. The highest BCUT2D eigenvalue weighted by Crippen LogP contribution is 1.82. The highest BCUT2D eigenvalue weighted by Gasteiger charge is 1.92. The lowest BCUT2D eigenvalue weighted by Gasteiger charge is -2.15. The maximum absolute atomic E-state index is 3.35. The molecule has 0 aromatic rings. The molecule has 0 aliphatic carbocycles. The first-order valence-corrected chi connectivity index (χ1v) is 4.20. The Kier molecular flexibility index (Phi) is 6.98. The second kappa shape index (κ2) is 7.03. The van der Waals surface area contributed by atoms with Crippen LogP contribution in [0.3, 0.4) is 0 Å². The zero-order valence-electron chi connectivity index (χ0n) is 7.48. The van der Waals surface area contributed by atoms with Gasteiger partial charge in [0.2, 0.25) is 0 Å². The van der Waals surface area contributed by atoms with Gasteiger partial charge in [-0.3, -0.25) is 4.90 Å². The third-order valence-electron chi connectivity index (χ3n) is 1.41. The molecule has 0 aliphatic rings. The summed E-state index contributed by atoms with van der Waals surface area (Å²) in [6.07, 6.45) is 2.46. The second-order valence-corrected chi connectivity index (χ2v) is 2.74. The zero-order chi connectivity index (χ0) is 7.82. The van der Waals surface area contributed by atoms with E-state index in [1.807, 2.05) is 0 Å². The van der Waals surface area contributed by atoms with Gasteiger partial charge in [0.1, 0.15) is 0 Å². The van der Waals surface area contributed by atoms with Crippen molar-refractivity contribution >= 4 is 0 Å². The lowest BCUT2D eigenvalue weighted by molar-refractivity contribution is 0.307. The fourth-order valence-corrected chi connectivity index (χ4v) is 0.907. The summed E-state index contributed by atoms with van der Waals surface area (Å²) in [6, 6.07) is 0. The van der Waals surface area contributed by atoms with Gasteiger partial charge in [0.15, 0.2) is 0 Å². The number of hydrogen-bond acceptors (Lipinski definition) is 2. The van der Waals surface area contributed by atoms with E-state index < -0.39 is 0 Å². The molecule has 1 N–H and O–H groups in total. The molecule has 0 atom stereocenters. The number of hydrogen-bond donors (Lipinski definition) is 1. The quantitative estimate of drug-likeness (QED) is 0.446. The molecule has 0 saturated heterocycles. The lowest BCUT2D eigenvalue weighted by atomic mass is 10.4. The molecule has 0 unspecified atom stereocenters. The Labute approximate surface area is 64.6 Å². The summed E-state index contributed by atoms with van der Waals surface area (Å²) in [7, 11) is 2.14. The van der Waals surface area contributed by atoms with Gasteiger partial charge < -0.3 is 5.32 Å². The molecule has 0 rings (SSSR count). The van der Waals surface area contributed by atoms with E-state index in [9.17, 15) is 0 Å². The van der Waals surface area contributed by atoms with Crippen molar-refractivity contribution in [3.63, 3.8) is 0 Å². The average Bonchev–Trinajstić information content (AvgIpc) is 1.89. The molecule has 10 heavy (non-hydrogen) atoms. The normalized spacial score (nSPS) is 10.8. The van der Waals surface area contributed by atoms with Gasteiger partial charge in [-0.15, -0.1) is 0 Å². The van der Waals surface area contributed by atoms with Gasteiger partial charge >= 0.3 is 0 Å². The Morgan fingerprint density at radius 3 is 2.40 bits per heavy atom. The van der Waals surface area contributed by atoms with E-state index in [1.165, 1.54) is 19.4 Å². The number of nitrogens with one attached hydrogen (secondary N) is 1. The summed E-state index contributed by atoms with van der Waals surface area (Å²) in [6.45, 7) is 7.75. The van der Waals surface area contributed by atoms with E-state index in [1.54, 1.807) is 0 Å². The smallest absolute Gasteiger partial charge is 0.0477 e. The Balaban J connectivity index is 2.97. The molecule has 2 nitrogen and oxygen atoms in total. The van der Waals surface area contributed by atoms with Crippen molar-refractivity contribution in [3.05, 3.63) is 0 Å². The van der Waals surface area contributed by atoms with Crippen LogP contribution in [0.5, 0.6) is 0 Å². The highest BCUT2D eigenvalue weighted by molar-refractivity contribution is 4.47. The van der Waals surface area contributed by atoms with Crippen LogP contribution >= 0.6 is 0 Å². The van der Waals surface area contributed by atoms with Gasteiger partial charge in [0.05, 0.1) is 0 Å². The predicted molar refractivity (Wildman–Crippen MR) is 46.1 cm³/mol. The molecule has 0 saturated carbocycles. The fraction of sp³-hybridized carbons (Fsp3) is 1.00. The molecule has 0 radical (unpaired) electrons. The van der Waals surface area contributed by atoms with Crippen LogP contribution in [0.15, 0.2) is 0 Å². The topological polar surface area (TPSA) is 15.3 Å². The van der Waals surface area contributed by atoms with Gasteiger partial charge in [0.25, 0.3) is 0 Å². The Morgan fingerprint density at radius 2 is 1.90 bits per heavy atom. The van der Waals surface area contributed by atoms with Gasteiger partial charge in [0, 0.05) is 6.67 Å². The fourth-order valence-electron chi connectivity index (χ4n) is 0.907. The molecule has 2 heteroatoms. The molecule has 0 spiro atoms. The first kappa shape index (κ1) is 9.92. The van der Waals surface area contributed by atoms with Gasteiger partial charge in [-0.05, 0) is 33.0 Å². The van der Waals surface area contributed by atoms with E-state index in [0.29, 0.717) is 0 Å². The summed E-state index contributed by atoms with van der Waals surface area (Å²) in [5.74, 6) is 0. The van der Waals surface area contributed by atoms with Crippen LogP contribution in [0.2, 0.25) is 0 Å². The Bertz CT molecular complexity index is 64.3. The van der Waals surface area contributed by atoms with Crippen LogP contribution < -0.4 is 5.32 Å². The maximum atomic E-state index is 3.35. The molecule has 0 aromatic heterocycles. The van der Waals surface area contributed by atoms with Crippen LogP contribution in [0.4, 0.5) is 0 Å². The molecule has 0 amide bonds. The van der Waals surface area contributed by atoms with Crippen LogP contribution in [-0.2, 0) is 0 Å². The van der Waals surface area contributed by atoms with Crippen molar-refractivity contribution in [2.24, 2.45) is 0 Å². The molecular formula is C8H20N2. The molecule has 0 fully saturated rings. The Morgan fingerprint density at radius 1 is 1.20 bits per heavy atom. The van der Waals surface area contributed by atoms with E-state index in [4.69, 9.17) is 0 Å².